The number of anilines is 1. The molecule has 0 radical (unpaired) electrons. The Hall–Kier alpha value is -1.69. The summed E-state index contributed by atoms with van der Waals surface area (Å²) in [6, 6.07) is 0. The maximum absolute atomic E-state index is 10.5. The van der Waals surface area contributed by atoms with Crippen molar-refractivity contribution in [3.05, 3.63) is 17.6 Å². The molecular weight excluding hydrogens is 270 g/mol. The number of ether oxygens (including phenoxy) is 1. The molecule has 0 spiro atoms. The number of aryl methyl sites for hydroxylation is 1. The fraction of sp³-hybridized carbons (Fsp3) is 0.667. The highest BCUT2D eigenvalue weighted by Gasteiger charge is 2.25. The number of carbonyl (C=O) groups is 1. The van der Waals surface area contributed by atoms with E-state index in [1.54, 1.807) is 6.33 Å². The second kappa shape index (κ2) is 6.39. The van der Waals surface area contributed by atoms with Crippen molar-refractivity contribution in [1.29, 1.82) is 0 Å². The van der Waals surface area contributed by atoms with E-state index in [1.807, 2.05) is 0 Å². The summed E-state index contributed by atoms with van der Waals surface area (Å²) < 4.78 is 5.63. The highest BCUT2D eigenvalue weighted by molar-refractivity contribution is 5.66. The van der Waals surface area contributed by atoms with Gasteiger partial charge in [-0.25, -0.2) is 9.97 Å². The van der Waals surface area contributed by atoms with Crippen molar-refractivity contribution in [2.45, 2.75) is 44.6 Å². The molecule has 2 heterocycles. The highest BCUT2D eigenvalue weighted by Crippen LogP contribution is 2.29. The maximum atomic E-state index is 10.5. The first kappa shape index (κ1) is 14.3. The van der Waals surface area contributed by atoms with E-state index in [0.29, 0.717) is 6.61 Å². The molecule has 0 aromatic carbocycles. The van der Waals surface area contributed by atoms with Gasteiger partial charge in [0.2, 0.25) is 0 Å². The molecule has 1 aliphatic heterocycles. The monoisotopic (exact) mass is 291 g/mol. The molecule has 0 bridgehead atoms. The molecule has 1 N–H and O–H groups in total. The van der Waals surface area contributed by atoms with Gasteiger partial charge in [-0.1, -0.05) is 0 Å². The summed E-state index contributed by atoms with van der Waals surface area (Å²) in [5.41, 5.74) is 2.53. The Balaban J connectivity index is 1.54. The number of aromatic nitrogens is 2. The lowest BCUT2D eigenvalue weighted by atomic mass is 10.1. The zero-order valence-corrected chi connectivity index (χ0v) is 12.1. The first-order valence-electron chi connectivity index (χ1n) is 7.65. The Morgan fingerprint density at radius 3 is 2.90 bits per heavy atom. The van der Waals surface area contributed by atoms with Crippen LogP contribution >= 0.6 is 0 Å². The maximum Gasteiger partial charge on any atom is 0.305 e. The molecule has 0 unspecified atom stereocenters. The van der Waals surface area contributed by atoms with Gasteiger partial charge in [-0.3, -0.25) is 4.79 Å². The molecule has 114 valence electrons. The predicted molar refractivity (Wildman–Crippen MR) is 77.5 cm³/mol. The minimum atomic E-state index is -0.802. The summed E-state index contributed by atoms with van der Waals surface area (Å²) in [4.78, 5) is 21.7. The van der Waals surface area contributed by atoms with Gasteiger partial charge in [-0.05, 0) is 32.1 Å². The first-order chi connectivity index (χ1) is 10.2. The molecule has 1 saturated heterocycles. The van der Waals surface area contributed by atoms with E-state index in [-0.39, 0.29) is 12.5 Å². The van der Waals surface area contributed by atoms with Crippen LogP contribution in [0.3, 0.4) is 0 Å². The van der Waals surface area contributed by atoms with Crippen LogP contribution < -0.4 is 4.90 Å². The van der Waals surface area contributed by atoms with Crippen LogP contribution in [0.4, 0.5) is 5.82 Å². The van der Waals surface area contributed by atoms with Gasteiger partial charge in [0, 0.05) is 24.3 Å². The molecule has 1 aromatic heterocycles. The van der Waals surface area contributed by atoms with Crippen molar-refractivity contribution in [2.75, 3.05) is 24.6 Å². The topological polar surface area (TPSA) is 75.6 Å². The number of carboxylic acid groups (broad SMARTS) is 1. The Morgan fingerprint density at radius 2 is 2.14 bits per heavy atom. The van der Waals surface area contributed by atoms with E-state index in [9.17, 15) is 4.79 Å². The van der Waals surface area contributed by atoms with Gasteiger partial charge in [0.1, 0.15) is 12.1 Å². The first-order valence-corrected chi connectivity index (χ1v) is 7.65. The quantitative estimate of drug-likeness (QED) is 0.884. The standard InChI is InChI=1S/C15H21N3O3/c19-14(20)6-9-21-11-4-7-18(8-5-11)15-12-2-1-3-13(12)16-10-17-15/h10-11H,1-9H2,(H,19,20). The smallest absolute Gasteiger partial charge is 0.305 e. The molecule has 3 rings (SSSR count). The van der Waals surface area contributed by atoms with Crippen LogP contribution in [0.15, 0.2) is 6.33 Å². The third-order valence-electron chi connectivity index (χ3n) is 4.26. The van der Waals surface area contributed by atoms with E-state index >= 15 is 0 Å². The second-order valence-electron chi connectivity index (χ2n) is 5.68. The van der Waals surface area contributed by atoms with Gasteiger partial charge in [0.25, 0.3) is 0 Å². The second-order valence-corrected chi connectivity index (χ2v) is 5.68. The largest absolute Gasteiger partial charge is 0.481 e. The normalized spacial score (nSPS) is 18.8. The molecular formula is C15H21N3O3. The summed E-state index contributed by atoms with van der Waals surface area (Å²) in [6.45, 7) is 2.14. The van der Waals surface area contributed by atoms with Crippen molar-refractivity contribution in [2.24, 2.45) is 0 Å². The Kier molecular flexibility index (Phi) is 4.34. The number of hydrogen-bond acceptors (Lipinski definition) is 5. The predicted octanol–water partition coefficient (Wildman–Crippen LogP) is 1.43. The summed E-state index contributed by atoms with van der Waals surface area (Å²) >= 11 is 0. The summed E-state index contributed by atoms with van der Waals surface area (Å²) in [5, 5.41) is 8.62. The lowest BCUT2D eigenvalue weighted by Crippen LogP contribution is -2.38. The minimum absolute atomic E-state index is 0.0830. The lowest BCUT2D eigenvalue weighted by molar-refractivity contribution is -0.138. The fourth-order valence-electron chi connectivity index (χ4n) is 3.16. The van der Waals surface area contributed by atoms with Crippen molar-refractivity contribution >= 4 is 11.8 Å². The number of carboxylic acids is 1. The summed E-state index contributed by atoms with van der Waals surface area (Å²) in [5.74, 6) is 0.297. The zero-order valence-electron chi connectivity index (χ0n) is 12.1. The molecule has 1 fully saturated rings. The third-order valence-corrected chi connectivity index (χ3v) is 4.26. The molecule has 0 saturated carbocycles. The van der Waals surface area contributed by atoms with Crippen LogP contribution in [0, 0.1) is 0 Å². The van der Waals surface area contributed by atoms with E-state index in [1.165, 1.54) is 17.7 Å². The van der Waals surface area contributed by atoms with Crippen molar-refractivity contribution in [1.82, 2.24) is 9.97 Å². The molecule has 0 amide bonds. The molecule has 2 aliphatic rings. The van der Waals surface area contributed by atoms with E-state index in [4.69, 9.17) is 9.84 Å². The summed E-state index contributed by atoms with van der Waals surface area (Å²) in [7, 11) is 0. The summed E-state index contributed by atoms with van der Waals surface area (Å²) in [6.07, 6.45) is 7.12. The van der Waals surface area contributed by atoms with E-state index in [2.05, 4.69) is 14.9 Å². The van der Waals surface area contributed by atoms with Crippen LogP contribution in [0.1, 0.15) is 36.9 Å². The molecule has 0 atom stereocenters. The number of aliphatic carboxylic acids is 1. The van der Waals surface area contributed by atoms with E-state index < -0.39 is 5.97 Å². The van der Waals surface area contributed by atoms with Crippen LogP contribution in [-0.2, 0) is 22.4 Å². The fourth-order valence-corrected chi connectivity index (χ4v) is 3.16. The lowest BCUT2D eigenvalue weighted by Gasteiger charge is -2.33. The number of rotatable bonds is 5. The van der Waals surface area contributed by atoms with Crippen molar-refractivity contribution in [3.8, 4) is 0 Å². The van der Waals surface area contributed by atoms with Crippen LogP contribution in [0.25, 0.3) is 0 Å². The Morgan fingerprint density at radius 1 is 1.33 bits per heavy atom. The van der Waals surface area contributed by atoms with Gasteiger partial charge in [-0.15, -0.1) is 0 Å². The average Bonchev–Trinajstić information content (AvgIpc) is 2.96. The van der Waals surface area contributed by atoms with Gasteiger partial charge in [-0.2, -0.15) is 0 Å². The SMILES string of the molecule is O=C(O)CCOC1CCN(c2ncnc3c2CCC3)CC1. The van der Waals surface area contributed by atoms with Crippen molar-refractivity contribution < 1.29 is 14.6 Å². The number of fused-ring (bicyclic) bond motifs is 1. The molecule has 1 aromatic rings. The van der Waals surface area contributed by atoms with Gasteiger partial charge < -0.3 is 14.7 Å². The minimum Gasteiger partial charge on any atom is -0.481 e. The zero-order chi connectivity index (χ0) is 14.7. The number of nitrogens with zero attached hydrogens (tertiary/aromatic N) is 3. The third kappa shape index (κ3) is 3.32. The number of piperidine rings is 1. The Bertz CT molecular complexity index is 513. The van der Waals surface area contributed by atoms with Crippen LogP contribution in [0.5, 0.6) is 0 Å². The van der Waals surface area contributed by atoms with Gasteiger partial charge in [0.15, 0.2) is 0 Å². The van der Waals surface area contributed by atoms with Gasteiger partial charge in [0.05, 0.1) is 19.1 Å². The highest BCUT2D eigenvalue weighted by atomic mass is 16.5. The van der Waals surface area contributed by atoms with Crippen molar-refractivity contribution in [3.63, 3.8) is 0 Å². The van der Waals surface area contributed by atoms with Crippen LogP contribution in [-0.4, -0.2) is 46.8 Å². The Labute approximate surface area is 124 Å². The molecule has 6 nitrogen and oxygen atoms in total. The van der Waals surface area contributed by atoms with E-state index in [0.717, 1.165) is 44.6 Å². The molecule has 6 heteroatoms. The number of hydrogen-bond donors (Lipinski definition) is 1. The molecule has 21 heavy (non-hydrogen) atoms. The van der Waals surface area contributed by atoms with Crippen LogP contribution in [0.2, 0.25) is 0 Å². The van der Waals surface area contributed by atoms with Gasteiger partial charge >= 0.3 is 5.97 Å². The molecule has 1 aliphatic carbocycles. The average molecular weight is 291 g/mol.